The molecule has 0 aliphatic heterocycles. The highest BCUT2D eigenvalue weighted by Gasteiger charge is 2.10. The van der Waals surface area contributed by atoms with Crippen molar-refractivity contribution in [3.8, 4) is 0 Å². The Kier molecular flexibility index (Phi) is 23.8. The van der Waals surface area contributed by atoms with Crippen LogP contribution < -0.4 is 0 Å². The molecule has 0 N–H and O–H groups in total. The molecule has 0 saturated carbocycles. The summed E-state index contributed by atoms with van der Waals surface area (Å²) in [7, 11) is 0. The molecule has 0 rings (SSSR count). The first-order chi connectivity index (χ1) is 12.3. The van der Waals surface area contributed by atoms with Crippen molar-refractivity contribution in [3.63, 3.8) is 0 Å². The number of Topliss-reactive ketones (excluding diaryl/α,β-unsaturated/α-hetero) is 1. The lowest BCUT2D eigenvalue weighted by atomic mass is 10.1. The third-order valence-electron chi connectivity index (χ3n) is 3.80. The van der Waals surface area contributed by atoms with Crippen LogP contribution in [0.25, 0.3) is 0 Å². The molecule has 0 spiro atoms. The van der Waals surface area contributed by atoms with E-state index in [2.05, 4.69) is 32.3 Å². The standard InChI is InChI=1S/C14H24ClN.C6H11ClO.C2H6/c1-6-9-14(12(4)13(5)15)16(10-7-2)11-8-3;1-3-5(2)6(8)4-7;1-2/h6,9H,1,7-8,10-11H2,2-5H3;5H,3-4H2,1-2H3;1-2H3/b13-12+,14-9+;;. The van der Waals surface area contributed by atoms with Crippen molar-refractivity contribution < 1.29 is 4.79 Å². The first kappa shape index (κ1) is 30.0. The summed E-state index contributed by atoms with van der Waals surface area (Å²) in [6.07, 6.45) is 7.06. The average Bonchev–Trinajstić information content (AvgIpc) is 2.66. The van der Waals surface area contributed by atoms with E-state index in [-0.39, 0.29) is 17.6 Å². The van der Waals surface area contributed by atoms with Crippen LogP contribution in [0.1, 0.15) is 74.7 Å². The zero-order valence-electron chi connectivity index (χ0n) is 18.3. The zero-order valence-corrected chi connectivity index (χ0v) is 19.8. The van der Waals surface area contributed by atoms with E-state index in [1.165, 1.54) is 5.70 Å². The average molecular weight is 406 g/mol. The van der Waals surface area contributed by atoms with Crippen molar-refractivity contribution in [2.45, 2.75) is 74.7 Å². The van der Waals surface area contributed by atoms with E-state index < -0.39 is 0 Å². The lowest BCUT2D eigenvalue weighted by molar-refractivity contribution is -0.119. The quantitative estimate of drug-likeness (QED) is 0.275. The summed E-state index contributed by atoms with van der Waals surface area (Å²) in [5, 5.41) is 0.852. The number of hydrogen-bond donors (Lipinski definition) is 0. The van der Waals surface area contributed by atoms with E-state index >= 15 is 0 Å². The highest BCUT2D eigenvalue weighted by molar-refractivity contribution is 6.29. The first-order valence-electron chi connectivity index (χ1n) is 9.80. The van der Waals surface area contributed by atoms with Gasteiger partial charge in [-0.1, -0.05) is 65.8 Å². The number of alkyl halides is 1. The Labute approximate surface area is 173 Å². The topological polar surface area (TPSA) is 20.3 Å². The Morgan fingerprint density at radius 2 is 1.58 bits per heavy atom. The smallest absolute Gasteiger partial charge is 0.150 e. The second kappa shape index (κ2) is 20.6. The van der Waals surface area contributed by atoms with Gasteiger partial charge in [-0.3, -0.25) is 4.79 Å². The van der Waals surface area contributed by atoms with Gasteiger partial charge in [-0.25, -0.2) is 0 Å². The van der Waals surface area contributed by atoms with Gasteiger partial charge < -0.3 is 4.90 Å². The predicted octanol–water partition coefficient (Wildman–Crippen LogP) is 7.58. The molecule has 1 atom stereocenters. The normalized spacial score (nSPS) is 12.6. The number of carbonyl (C=O) groups is 1. The summed E-state index contributed by atoms with van der Waals surface area (Å²) in [5.74, 6) is 0.455. The fourth-order valence-corrected chi connectivity index (χ4v) is 2.37. The SMILES string of the molecule is C=C/C=C(\C(C)=C(/C)Cl)N(CCC)CCC.CC.CCC(C)C(=O)CCl. The number of allylic oxidation sites excluding steroid dienone is 4. The predicted molar refractivity (Wildman–Crippen MR) is 121 cm³/mol. The molecule has 0 heterocycles. The molecule has 0 aromatic heterocycles. The zero-order chi connectivity index (χ0) is 21.1. The molecule has 4 heteroatoms. The number of halogens is 2. The maximum Gasteiger partial charge on any atom is 0.150 e. The maximum absolute atomic E-state index is 10.6. The molecule has 154 valence electrons. The molecule has 0 radical (unpaired) electrons. The van der Waals surface area contributed by atoms with Crippen molar-refractivity contribution >= 4 is 29.0 Å². The molecule has 0 aromatic carbocycles. The highest BCUT2D eigenvalue weighted by Crippen LogP contribution is 2.21. The minimum Gasteiger partial charge on any atom is -0.371 e. The Hall–Kier alpha value is -0.730. The number of rotatable bonds is 10. The molecule has 2 nitrogen and oxygen atoms in total. The largest absolute Gasteiger partial charge is 0.371 e. The lowest BCUT2D eigenvalue weighted by Crippen LogP contribution is -2.25. The van der Waals surface area contributed by atoms with Gasteiger partial charge in [-0.05, 0) is 44.8 Å². The second-order valence-corrected chi connectivity index (χ2v) is 6.68. The van der Waals surface area contributed by atoms with Crippen LogP contribution in [0.3, 0.4) is 0 Å². The van der Waals surface area contributed by atoms with E-state index in [1.54, 1.807) is 0 Å². The van der Waals surface area contributed by atoms with Crippen LogP contribution >= 0.6 is 23.2 Å². The van der Waals surface area contributed by atoms with Gasteiger partial charge in [-0.2, -0.15) is 0 Å². The summed E-state index contributed by atoms with van der Waals surface area (Å²) in [4.78, 5) is 13.0. The fourth-order valence-electron chi connectivity index (χ4n) is 2.01. The Bertz CT molecular complexity index is 418. The molecule has 0 fully saturated rings. The van der Waals surface area contributed by atoms with Crippen LogP contribution in [0.4, 0.5) is 0 Å². The molecule has 0 aliphatic rings. The Morgan fingerprint density at radius 3 is 1.81 bits per heavy atom. The summed E-state index contributed by atoms with van der Waals surface area (Å²) < 4.78 is 0. The maximum atomic E-state index is 10.6. The molecule has 0 bridgehead atoms. The highest BCUT2D eigenvalue weighted by atomic mass is 35.5. The first-order valence-corrected chi connectivity index (χ1v) is 10.7. The summed E-state index contributed by atoms with van der Waals surface area (Å²) >= 11 is 11.4. The van der Waals surface area contributed by atoms with E-state index in [0.717, 1.165) is 43.0 Å². The summed E-state index contributed by atoms with van der Waals surface area (Å²) in [6.45, 7) is 22.2. The molecular weight excluding hydrogens is 365 g/mol. The summed E-state index contributed by atoms with van der Waals surface area (Å²) in [5.41, 5.74) is 2.34. The molecule has 0 amide bonds. The fraction of sp³-hybridized carbons (Fsp3) is 0.682. The van der Waals surface area contributed by atoms with Gasteiger partial charge >= 0.3 is 0 Å². The van der Waals surface area contributed by atoms with Crippen molar-refractivity contribution in [1.29, 1.82) is 0 Å². The molecule has 0 saturated heterocycles. The van der Waals surface area contributed by atoms with E-state index in [0.29, 0.717) is 0 Å². The molecule has 0 aliphatic carbocycles. The van der Waals surface area contributed by atoms with Crippen LogP contribution in [-0.2, 0) is 4.79 Å². The van der Waals surface area contributed by atoms with Gasteiger partial charge in [-0.15, -0.1) is 11.6 Å². The molecule has 26 heavy (non-hydrogen) atoms. The van der Waals surface area contributed by atoms with Gasteiger partial charge in [0.2, 0.25) is 0 Å². The minimum absolute atomic E-state index is 0.146. The molecule has 0 aromatic rings. The minimum atomic E-state index is 0.146. The van der Waals surface area contributed by atoms with Gasteiger partial charge in [0.25, 0.3) is 0 Å². The number of carbonyl (C=O) groups excluding carboxylic acids is 1. The van der Waals surface area contributed by atoms with E-state index in [9.17, 15) is 4.79 Å². The lowest BCUT2D eigenvalue weighted by Gasteiger charge is -2.27. The van der Waals surface area contributed by atoms with Crippen molar-refractivity contribution in [2.75, 3.05) is 19.0 Å². The van der Waals surface area contributed by atoms with Crippen LogP contribution in [0.5, 0.6) is 0 Å². The monoisotopic (exact) mass is 405 g/mol. The number of hydrogen-bond acceptors (Lipinski definition) is 2. The van der Waals surface area contributed by atoms with Gasteiger partial charge in [0, 0.05) is 29.7 Å². The Balaban J connectivity index is -0.000000444. The van der Waals surface area contributed by atoms with Crippen LogP contribution in [-0.4, -0.2) is 29.7 Å². The van der Waals surface area contributed by atoms with E-state index in [1.807, 2.05) is 46.8 Å². The number of nitrogens with zero attached hydrogens (tertiary/aromatic N) is 1. The van der Waals surface area contributed by atoms with E-state index in [4.69, 9.17) is 23.2 Å². The summed E-state index contributed by atoms with van der Waals surface area (Å²) in [6, 6.07) is 0. The molecular formula is C22H41Cl2NO. The van der Waals surface area contributed by atoms with Gasteiger partial charge in [0.1, 0.15) is 5.78 Å². The van der Waals surface area contributed by atoms with Crippen molar-refractivity contribution in [1.82, 2.24) is 4.90 Å². The van der Waals surface area contributed by atoms with Crippen LogP contribution in [0.15, 0.2) is 35.0 Å². The third-order valence-corrected chi connectivity index (χ3v) is 4.35. The van der Waals surface area contributed by atoms with Crippen LogP contribution in [0.2, 0.25) is 0 Å². The van der Waals surface area contributed by atoms with Crippen LogP contribution in [0, 0.1) is 5.92 Å². The second-order valence-electron chi connectivity index (χ2n) is 5.84. The Morgan fingerprint density at radius 1 is 1.12 bits per heavy atom. The molecule has 1 unspecified atom stereocenters. The van der Waals surface area contributed by atoms with Gasteiger partial charge in [0.15, 0.2) is 0 Å². The van der Waals surface area contributed by atoms with Gasteiger partial charge in [0.05, 0.1) is 5.88 Å². The van der Waals surface area contributed by atoms with Crippen molar-refractivity contribution in [3.05, 3.63) is 35.0 Å². The number of ketones is 1. The third kappa shape index (κ3) is 14.4. The van der Waals surface area contributed by atoms with Crippen molar-refractivity contribution in [2.24, 2.45) is 5.92 Å².